The normalized spacial score (nSPS) is 10.2. The molecular formula is C15H17N3O. The van der Waals surface area contributed by atoms with E-state index in [0.717, 1.165) is 11.3 Å². The highest BCUT2D eigenvalue weighted by atomic mass is 16.2. The maximum atomic E-state index is 12.4. The summed E-state index contributed by atoms with van der Waals surface area (Å²) in [5.74, 6) is 0.212. The number of amides is 1. The summed E-state index contributed by atoms with van der Waals surface area (Å²) in [5, 5.41) is 0. The first kappa shape index (κ1) is 13.1. The number of benzene rings is 1. The molecule has 1 amide bonds. The highest BCUT2D eigenvalue weighted by Crippen LogP contribution is 2.17. The third-order valence-electron chi connectivity index (χ3n) is 2.90. The molecule has 0 bridgehead atoms. The van der Waals surface area contributed by atoms with Crippen molar-refractivity contribution >= 4 is 17.4 Å². The Kier molecular flexibility index (Phi) is 3.80. The molecular weight excluding hydrogens is 238 g/mol. The van der Waals surface area contributed by atoms with E-state index in [1.807, 2.05) is 38.1 Å². The molecule has 2 N–H and O–H groups in total. The van der Waals surface area contributed by atoms with Crippen LogP contribution in [0, 0.1) is 6.92 Å². The first-order valence-corrected chi connectivity index (χ1v) is 6.23. The number of hydrogen-bond donors (Lipinski definition) is 1. The van der Waals surface area contributed by atoms with Gasteiger partial charge in [-0.15, -0.1) is 0 Å². The van der Waals surface area contributed by atoms with Gasteiger partial charge in [-0.3, -0.25) is 4.79 Å². The molecule has 0 aliphatic carbocycles. The summed E-state index contributed by atoms with van der Waals surface area (Å²) in [6.45, 7) is 4.53. The SMILES string of the molecule is CCN(C(=O)c1cccc(N)n1)c1ccc(C)cc1. The number of rotatable bonds is 3. The number of nitrogens with zero attached hydrogens (tertiary/aromatic N) is 2. The van der Waals surface area contributed by atoms with Crippen molar-refractivity contribution in [3.05, 3.63) is 53.7 Å². The number of anilines is 2. The molecule has 0 fully saturated rings. The van der Waals surface area contributed by atoms with Crippen LogP contribution in [0.2, 0.25) is 0 Å². The average molecular weight is 255 g/mol. The van der Waals surface area contributed by atoms with E-state index in [2.05, 4.69) is 4.98 Å². The van der Waals surface area contributed by atoms with Crippen molar-refractivity contribution in [3.8, 4) is 0 Å². The summed E-state index contributed by atoms with van der Waals surface area (Å²) in [6, 6.07) is 12.9. The molecule has 1 aromatic carbocycles. The molecule has 98 valence electrons. The van der Waals surface area contributed by atoms with Crippen molar-refractivity contribution in [2.45, 2.75) is 13.8 Å². The summed E-state index contributed by atoms with van der Waals surface area (Å²) >= 11 is 0. The Bertz CT molecular complexity index is 578. The van der Waals surface area contributed by atoms with Gasteiger partial charge in [-0.05, 0) is 38.1 Å². The molecule has 1 heterocycles. The summed E-state index contributed by atoms with van der Waals surface area (Å²) in [6.07, 6.45) is 0. The zero-order valence-electron chi connectivity index (χ0n) is 11.1. The Balaban J connectivity index is 2.31. The molecule has 0 aliphatic rings. The molecule has 4 nitrogen and oxygen atoms in total. The van der Waals surface area contributed by atoms with Crippen LogP contribution in [0.25, 0.3) is 0 Å². The summed E-state index contributed by atoms with van der Waals surface area (Å²) < 4.78 is 0. The predicted molar refractivity (Wildman–Crippen MR) is 77.2 cm³/mol. The van der Waals surface area contributed by atoms with Crippen molar-refractivity contribution in [1.29, 1.82) is 0 Å². The quantitative estimate of drug-likeness (QED) is 0.917. The first-order chi connectivity index (χ1) is 9.11. The van der Waals surface area contributed by atoms with Crippen LogP contribution in [0.4, 0.5) is 11.5 Å². The van der Waals surface area contributed by atoms with Crippen LogP contribution in [-0.2, 0) is 0 Å². The number of carbonyl (C=O) groups excluding carboxylic acids is 1. The van der Waals surface area contributed by atoms with Crippen molar-refractivity contribution in [3.63, 3.8) is 0 Å². The Morgan fingerprint density at radius 2 is 1.89 bits per heavy atom. The fraction of sp³-hybridized carbons (Fsp3) is 0.200. The molecule has 0 saturated carbocycles. The van der Waals surface area contributed by atoms with E-state index in [1.54, 1.807) is 23.1 Å². The number of aromatic nitrogens is 1. The molecule has 0 spiro atoms. The third kappa shape index (κ3) is 2.91. The number of carbonyl (C=O) groups is 1. The molecule has 2 aromatic rings. The summed E-state index contributed by atoms with van der Waals surface area (Å²) in [5.41, 5.74) is 8.00. The number of hydrogen-bond acceptors (Lipinski definition) is 3. The standard InChI is InChI=1S/C15H17N3O/c1-3-18(12-9-7-11(2)8-10-12)15(19)13-5-4-6-14(16)17-13/h4-10H,3H2,1-2H3,(H2,16,17). The minimum absolute atomic E-state index is 0.140. The van der Waals surface area contributed by atoms with Gasteiger partial charge in [-0.2, -0.15) is 0 Å². The molecule has 0 unspecified atom stereocenters. The lowest BCUT2D eigenvalue weighted by Gasteiger charge is -2.20. The fourth-order valence-corrected chi connectivity index (χ4v) is 1.88. The lowest BCUT2D eigenvalue weighted by Crippen LogP contribution is -2.31. The highest BCUT2D eigenvalue weighted by molar-refractivity contribution is 6.04. The molecule has 0 aliphatic heterocycles. The van der Waals surface area contributed by atoms with Gasteiger partial charge < -0.3 is 10.6 Å². The van der Waals surface area contributed by atoms with E-state index in [1.165, 1.54) is 0 Å². The molecule has 0 atom stereocenters. The number of aryl methyl sites for hydroxylation is 1. The van der Waals surface area contributed by atoms with Gasteiger partial charge in [0, 0.05) is 12.2 Å². The van der Waals surface area contributed by atoms with Gasteiger partial charge in [-0.1, -0.05) is 23.8 Å². The highest BCUT2D eigenvalue weighted by Gasteiger charge is 2.17. The first-order valence-electron chi connectivity index (χ1n) is 6.23. The smallest absolute Gasteiger partial charge is 0.276 e. The largest absolute Gasteiger partial charge is 0.384 e. The second-order valence-electron chi connectivity index (χ2n) is 4.33. The van der Waals surface area contributed by atoms with Crippen molar-refractivity contribution in [2.24, 2.45) is 0 Å². The Morgan fingerprint density at radius 3 is 2.47 bits per heavy atom. The van der Waals surface area contributed by atoms with Crippen LogP contribution in [-0.4, -0.2) is 17.4 Å². The number of nitrogen functional groups attached to an aromatic ring is 1. The number of nitrogens with two attached hydrogens (primary N) is 1. The summed E-state index contributed by atoms with van der Waals surface area (Å²) in [7, 11) is 0. The van der Waals surface area contributed by atoms with Gasteiger partial charge in [0.25, 0.3) is 5.91 Å². The second-order valence-corrected chi connectivity index (χ2v) is 4.33. The van der Waals surface area contributed by atoms with Crippen LogP contribution in [0.15, 0.2) is 42.5 Å². The lowest BCUT2D eigenvalue weighted by atomic mass is 10.2. The topological polar surface area (TPSA) is 59.2 Å². The Morgan fingerprint density at radius 1 is 1.21 bits per heavy atom. The van der Waals surface area contributed by atoms with Crippen molar-refractivity contribution in [2.75, 3.05) is 17.2 Å². The second kappa shape index (κ2) is 5.52. The lowest BCUT2D eigenvalue weighted by molar-refractivity contribution is 0.0983. The van der Waals surface area contributed by atoms with E-state index in [9.17, 15) is 4.79 Å². The van der Waals surface area contributed by atoms with Gasteiger partial charge in [0.1, 0.15) is 11.5 Å². The van der Waals surface area contributed by atoms with Crippen molar-refractivity contribution in [1.82, 2.24) is 4.98 Å². The van der Waals surface area contributed by atoms with Crippen LogP contribution >= 0.6 is 0 Å². The van der Waals surface area contributed by atoms with Gasteiger partial charge in [0.05, 0.1) is 0 Å². The summed E-state index contributed by atoms with van der Waals surface area (Å²) in [4.78, 5) is 18.2. The molecule has 4 heteroatoms. The van der Waals surface area contributed by atoms with Crippen LogP contribution < -0.4 is 10.6 Å². The average Bonchev–Trinajstić information content (AvgIpc) is 2.41. The minimum Gasteiger partial charge on any atom is -0.384 e. The molecule has 0 radical (unpaired) electrons. The maximum absolute atomic E-state index is 12.4. The monoisotopic (exact) mass is 255 g/mol. The predicted octanol–water partition coefficient (Wildman–Crippen LogP) is 2.64. The van der Waals surface area contributed by atoms with E-state index in [-0.39, 0.29) is 5.91 Å². The van der Waals surface area contributed by atoms with Crippen LogP contribution in [0.5, 0.6) is 0 Å². The molecule has 1 aromatic heterocycles. The van der Waals surface area contributed by atoms with Gasteiger partial charge >= 0.3 is 0 Å². The molecule has 2 rings (SSSR count). The van der Waals surface area contributed by atoms with E-state index in [4.69, 9.17) is 5.73 Å². The maximum Gasteiger partial charge on any atom is 0.276 e. The molecule has 19 heavy (non-hydrogen) atoms. The van der Waals surface area contributed by atoms with Gasteiger partial charge in [-0.25, -0.2) is 4.98 Å². The number of pyridine rings is 1. The Hall–Kier alpha value is -2.36. The van der Waals surface area contributed by atoms with Crippen molar-refractivity contribution < 1.29 is 4.79 Å². The van der Waals surface area contributed by atoms with Crippen LogP contribution in [0.1, 0.15) is 23.0 Å². The minimum atomic E-state index is -0.140. The van der Waals surface area contributed by atoms with Crippen LogP contribution in [0.3, 0.4) is 0 Å². The zero-order valence-corrected chi connectivity index (χ0v) is 11.1. The van der Waals surface area contributed by atoms with E-state index in [0.29, 0.717) is 18.1 Å². The fourth-order valence-electron chi connectivity index (χ4n) is 1.88. The van der Waals surface area contributed by atoms with Gasteiger partial charge in [0.2, 0.25) is 0 Å². The van der Waals surface area contributed by atoms with E-state index < -0.39 is 0 Å². The molecule has 0 saturated heterocycles. The third-order valence-corrected chi connectivity index (χ3v) is 2.90. The van der Waals surface area contributed by atoms with E-state index >= 15 is 0 Å². The zero-order chi connectivity index (χ0) is 13.8. The van der Waals surface area contributed by atoms with Gasteiger partial charge in [0.15, 0.2) is 0 Å². The Labute approximate surface area is 112 Å².